The summed E-state index contributed by atoms with van der Waals surface area (Å²) in [6.45, 7) is 0.805. The highest BCUT2D eigenvalue weighted by atomic mass is 15.2. The Morgan fingerprint density at radius 2 is 1.86 bits per heavy atom. The molecule has 1 heterocycles. The molecule has 1 aromatic carbocycles. The molecule has 4 heteroatoms. The minimum absolute atomic E-state index is 0.457. The van der Waals surface area contributed by atoms with Crippen LogP contribution in [0.2, 0.25) is 0 Å². The molecule has 3 rings (SSSR count). The third kappa shape index (κ3) is 2.73. The maximum atomic E-state index is 6.82. The van der Waals surface area contributed by atoms with E-state index in [9.17, 15) is 0 Å². The molecule has 1 aliphatic heterocycles. The van der Waals surface area contributed by atoms with Crippen LogP contribution in [-0.2, 0) is 0 Å². The number of anilines is 1. The zero-order chi connectivity index (χ0) is 15.7. The molecule has 1 saturated carbocycles. The van der Waals surface area contributed by atoms with Crippen molar-refractivity contribution < 1.29 is 0 Å². The Bertz CT molecular complexity index is 558. The van der Waals surface area contributed by atoms with Crippen LogP contribution in [0.5, 0.6) is 0 Å². The maximum absolute atomic E-state index is 6.82. The fourth-order valence-electron chi connectivity index (χ4n) is 3.85. The smallest absolute Gasteiger partial charge is 0.110 e. The van der Waals surface area contributed by atoms with Crippen LogP contribution in [0.3, 0.4) is 0 Å². The third-order valence-electron chi connectivity index (χ3n) is 5.27. The molecule has 4 nitrogen and oxygen atoms in total. The molecule has 1 atom stereocenters. The van der Waals surface area contributed by atoms with E-state index in [2.05, 4.69) is 54.7 Å². The van der Waals surface area contributed by atoms with Gasteiger partial charge in [0.2, 0.25) is 0 Å². The van der Waals surface area contributed by atoms with Crippen molar-refractivity contribution in [1.29, 1.82) is 0 Å². The highest BCUT2D eigenvalue weighted by molar-refractivity contribution is 5.80. The molecule has 1 unspecified atom stereocenters. The lowest BCUT2D eigenvalue weighted by atomic mass is 9.74. The second-order valence-corrected chi connectivity index (χ2v) is 6.98. The average molecular weight is 300 g/mol. The molecule has 1 aliphatic carbocycles. The largest absolute Gasteiger partial charge is 0.377 e. The number of para-hydroxylation sites is 1. The molecular formula is C18H28N4. The van der Waals surface area contributed by atoms with Crippen molar-refractivity contribution in [1.82, 2.24) is 4.90 Å². The minimum Gasteiger partial charge on any atom is -0.377 e. The van der Waals surface area contributed by atoms with Gasteiger partial charge in [0, 0.05) is 31.0 Å². The molecule has 0 radical (unpaired) electrons. The van der Waals surface area contributed by atoms with Crippen molar-refractivity contribution in [3.8, 4) is 0 Å². The van der Waals surface area contributed by atoms with E-state index in [4.69, 9.17) is 11.5 Å². The lowest BCUT2D eigenvalue weighted by Gasteiger charge is -2.44. The topological polar surface area (TPSA) is 67.3 Å². The first-order valence-electron chi connectivity index (χ1n) is 8.30. The van der Waals surface area contributed by atoms with E-state index >= 15 is 0 Å². The zero-order valence-electron chi connectivity index (χ0n) is 13.7. The van der Waals surface area contributed by atoms with Crippen molar-refractivity contribution >= 4 is 11.4 Å². The first-order valence-corrected chi connectivity index (χ1v) is 8.30. The van der Waals surface area contributed by atoms with Gasteiger partial charge in [0.1, 0.15) is 5.66 Å². The zero-order valence-corrected chi connectivity index (χ0v) is 13.7. The summed E-state index contributed by atoms with van der Waals surface area (Å²) in [4.78, 5) is 2.16. The molecule has 1 fully saturated rings. The molecule has 0 bridgehead atoms. The highest BCUT2D eigenvalue weighted by Crippen LogP contribution is 2.41. The lowest BCUT2D eigenvalue weighted by Crippen LogP contribution is -2.55. The molecule has 0 amide bonds. The molecule has 0 aromatic heterocycles. The summed E-state index contributed by atoms with van der Waals surface area (Å²) >= 11 is 0. The number of nitrogens with one attached hydrogen (secondary N) is 1. The SMILES string of the molecule is CN(C)C1=CC(N)(C2CCC(CN)CC2)Nc2ccccc21. The summed E-state index contributed by atoms with van der Waals surface area (Å²) in [5, 5.41) is 3.60. The van der Waals surface area contributed by atoms with Crippen molar-refractivity contribution in [3.05, 3.63) is 35.9 Å². The molecule has 0 saturated heterocycles. The molecule has 0 spiro atoms. The first-order chi connectivity index (χ1) is 10.5. The summed E-state index contributed by atoms with van der Waals surface area (Å²) in [5.74, 6) is 1.13. The van der Waals surface area contributed by atoms with Gasteiger partial charge in [0.05, 0.1) is 0 Å². The molecule has 5 N–H and O–H groups in total. The van der Waals surface area contributed by atoms with Crippen LogP contribution in [-0.4, -0.2) is 31.2 Å². The normalized spacial score (nSPS) is 31.0. The van der Waals surface area contributed by atoms with Crippen molar-refractivity contribution in [2.45, 2.75) is 31.3 Å². The number of benzene rings is 1. The summed E-state index contributed by atoms with van der Waals surface area (Å²) in [5.41, 5.74) is 15.7. The Morgan fingerprint density at radius 1 is 1.18 bits per heavy atom. The Morgan fingerprint density at radius 3 is 2.50 bits per heavy atom. The monoisotopic (exact) mass is 300 g/mol. The average Bonchev–Trinajstić information content (AvgIpc) is 2.54. The van der Waals surface area contributed by atoms with E-state index in [0.717, 1.165) is 25.1 Å². The fourth-order valence-corrected chi connectivity index (χ4v) is 3.85. The number of hydrogen-bond acceptors (Lipinski definition) is 4. The fraction of sp³-hybridized carbons (Fsp3) is 0.556. The van der Waals surface area contributed by atoms with E-state index in [1.165, 1.54) is 24.1 Å². The Balaban J connectivity index is 1.90. The standard InChI is InChI=1S/C18H28N4/c1-22(2)17-11-18(20,14-9-7-13(12-19)8-10-14)21-16-6-4-3-5-15(16)17/h3-6,11,13-14,21H,7-10,12,19-20H2,1-2H3. The summed E-state index contributed by atoms with van der Waals surface area (Å²) in [6.07, 6.45) is 6.89. The van der Waals surface area contributed by atoms with Crippen LogP contribution < -0.4 is 16.8 Å². The van der Waals surface area contributed by atoms with E-state index in [-0.39, 0.29) is 0 Å². The molecule has 22 heavy (non-hydrogen) atoms. The van der Waals surface area contributed by atoms with Crippen LogP contribution in [0.4, 0.5) is 5.69 Å². The van der Waals surface area contributed by atoms with Gasteiger partial charge < -0.3 is 21.7 Å². The van der Waals surface area contributed by atoms with E-state index in [0.29, 0.717) is 11.8 Å². The van der Waals surface area contributed by atoms with Gasteiger partial charge in [-0.3, -0.25) is 0 Å². The van der Waals surface area contributed by atoms with Gasteiger partial charge >= 0.3 is 0 Å². The van der Waals surface area contributed by atoms with Crippen LogP contribution in [0, 0.1) is 11.8 Å². The van der Waals surface area contributed by atoms with E-state index in [1.54, 1.807) is 0 Å². The predicted molar refractivity (Wildman–Crippen MR) is 93.1 cm³/mol. The number of nitrogens with zero attached hydrogens (tertiary/aromatic N) is 1. The number of fused-ring (bicyclic) bond motifs is 1. The minimum atomic E-state index is -0.465. The van der Waals surface area contributed by atoms with Crippen molar-refractivity contribution in [3.63, 3.8) is 0 Å². The van der Waals surface area contributed by atoms with Gasteiger partial charge in [0.25, 0.3) is 0 Å². The van der Waals surface area contributed by atoms with Crippen LogP contribution >= 0.6 is 0 Å². The second kappa shape index (κ2) is 5.94. The highest BCUT2D eigenvalue weighted by Gasteiger charge is 2.39. The molecule has 2 aliphatic rings. The summed E-state index contributed by atoms with van der Waals surface area (Å²) < 4.78 is 0. The Kier molecular flexibility index (Phi) is 4.15. The molecule has 120 valence electrons. The number of nitrogens with two attached hydrogens (primary N) is 2. The van der Waals surface area contributed by atoms with Gasteiger partial charge in [-0.15, -0.1) is 0 Å². The lowest BCUT2D eigenvalue weighted by molar-refractivity contribution is 0.222. The van der Waals surface area contributed by atoms with Crippen molar-refractivity contribution in [2.75, 3.05) is 26.0 Å². The molecular weight excluding hydrogens is 272 g/mol. The van der Waals surface area contributed by atoms with Crippen LogP contribution in [0.1, 0.15) is 31.2 Å². The molecule has 1 aromatic rings. The van der Waals surface area contributed by atoms with Gasteiger partial charge in [-0.25, -0.2) is 0 Å². The summed E-state index contributed by atoms with van der Waals surface area (Å²) in [7, 11) is 4.17. The number of rotatable bonds is 3. The van der Waals surface area contributed by atoms with E-state index in [1.807, 2.05) is 0 Å². The third-order valence-corrected chi connectivity index (χ3v) is 5.27. The Hall–Kier alpha value is -1.52. The van der Waals surface area contributed by atoms with Crippen LogP contribution in [0.25, 0.3) is 5.70 Å². The maximum Gasteiger partial charge on any atom is 0.110 e. The van der Waals surface area contributed by atoms with Gasteiger partial charge in [-0.1, -0.05) is 18.2 Å². The number of hydrogen-bond donors (Lipinski definition) is 3. The second-order valence-electron chi connectivity index (χ2n) is 6.98. The summed E-state index contributed by atoms with van der Waals surface area (Å²) in [6, 6.07) is 8.42. The van der Waals surface area contributed by atoms with Crippen LogP contribution in [0.15, 0.2) is 30.3 Å². The van der Waals surface area contributed by atoms with E-state index < -0.39 is 5.66 Å². The van der Waals surface area contributed by atoms with Gasteiger partial charge in [-0.2, -0.15) is 0 Å². The van der Waals surface area contributed by atoms with Crippen molar-refractivity contribution in [2.24, 2.45) is 23.3 Å². The van der Waals surface area contributed by atoms with Gasteiger partial charge in [0.15, 0.2) is 0 Å². The first kappa shape index (κ1) is 15.4. The predicted octanol–water partition coefficient (Wildman–Crippen LogP) is 2.43. The Labute approximate surface area is 133 Å². The van der Waals surface area contributed by atoms with Gasteiger partial charge in [-0.05, 0) is 56.2 Å². The quantitative estimate of drug-likeness (QED) is 0.802.